The molecule has 5 nitrogen and oxygen atoms in total. The second-order valence-electron chi connectivity index (χ2n) is 11.3. The summed E-state index contributed by atoms with van der Waals surface area (Å²) in [5, 5.41) is 5.41. The Morgan fingerprint density at radius 2 is 1.95 bits per heavy atom. The maximum atomic E-state index is 14.6. The van der Waals surface area contributed by atoms with Crippen LogP contribution >= 0.6 is 27.7 Å². The monoisotopic (exact) mass is 639 g/mol. The van der Waals surface area contributed by atoms with Crippen molar-refractivity contribution in [2.75, 3.05) is 19.8 Å². The first kappa shape index (κ1) is 33.0. The third-order valence-corrected chi connectivity index (χ3v) is 9.11. The van der Waals surface area contributed by atoms with E-state index in [0.29, 0.717) is 24.7 Å². The summed E-state index contributed by atoms with van der Waals surface area (Å²) in [6.45, 7) is 7.10. The van der Waals surface area contributed by atoms with Gasteiger partial charge in [0.1, 0.15) is 11.2 Å². The van der Waals surface area contributed by atoms with Crippen LogP contribution in [-0.4, -0.2) is 53.0 Å². The number of piperazine rings is 1. The Kier molecular flexibility index (Phi) is 13.0. The van der Waals surface area contributed by atoms with E-state index >= 15 is 0 Å². The molecule has 3 rings (SSSR count). The number of allylic oxidation sites excluding steroid dienone is 7. The van der Waals surface area contributed by atoms with Crippen molar-refractivity contribution in [3.63, 3.8) is 0 Å². The lowest BCUT2D eigenvalue weighted by Gasteiger charge is -2.52. The second kappa shape index (κ2) is 16.2. The van der Waals surface area contributed by atoms with Crippen molar-refractivity contribution in [3.8, 4) is 0 Å². The Hall–Kier alpha value is -2.51. The van der Waals surface area contributed by atoms with Gasteiger partial charge in [-0.15, -0.1) is 11.8 Å². The van der Waals surface area contributed by atoms with E-state index in [1.807, 2.05) is 90.1 Å². The van der Waals surface area contributed by atoms with E-state index in [4.69, 9.17) is 0 Å². The molecular weight excluding hydrogens is 594 g/mol. The Morgan fingerprint density at radius 1 is 1.20 bits per heavy atom. The van der Waals surface area contributed by atoms with Crippen molar-refractivity contribution in [1.82, 2.24) is 15.1 Å². The highest BCUT2D eigenvalue weighted by Gasteiger charge is 2.54. The molecule has 0 bridgehead atoms. The van der Waals surface area contributed by atoms with Crippen LogP contribution in [0.15, 0.2) is 88.5 Å². The van der Waals surface area contributed by atoms with Gasteiger partial charge in [0.2, 0.25) is 5.91 Å². The zero-order valence-electron chi connectivity index (χ0n) is 25.2. The van der Waals surface area contributed by atoms with Gasteiger partial charge >= 0.3 is 0 Å². The first-order chi connectivity index (χ1) is 19.7. The molecule has 0 spiro atoms. The van der Waals surface area contributed by atoms with Crippen LogP contribution in [0, 0.1) is 11.8 Å². The Labute approximate surface area is 260 Å². The molecule has 0 aromatic heterocycles. The summed E-state index contributed by atoms with van der Waals surface area (Å²) in [6.07, 6.45) is 22.9. The van der Waals surface area contributed by atoms with E-state index in [2.05, 4.69) is 53.3 Å². The number of nitrogens with zero attached hydrogens (tertiary/aromatic N) is 2. The lowest BCUT2D eigenvalue weighted by Crippen LogP contribution is -2.72. The molecule has 1 aliphatic heterocycles. The topological polar surface area (TPSA) is 52.7 Å². The number of hydrogen-bond acceptors (Lipinski definition) is 4. The molecule has 222 valence electrons. The molecular formula is C34H46BrN3O2S. The van der Waals surface area contributed by atoms with Crippen molar-refractivity contribution < 1.29 is 9.59 Å². The molecule has 2 atom stereocenters. The largest absolute Gasteiger partial charge is 0.367 e. The lowest BCUT2D eigenvalue weighted by atomic mass is 9.78. The van der Waals surface area contributed by atoms with Crippen LogP contribution in [0.25, 0.3) is 0 Å². The van der Waals surface area contributed by atoms with Crippen LogP contribution in [-0.2, 0) is 16.1 Å². The van der Waals surface area contributed by atoms with Crippen molar-refractivity contribution >= 4 is 39.5 Å². The molecule has 1 heterocycles. The quantitative estimate of drug-likeness (QED) is 0.154. The predicted octanol–water partition coefficient (Wildman–Crippen LogP) is 7.63. The van der Waals surface area contributed by atoms with Crippen LogP contribution in [0.2, 0.25) is 0 Å². The average molecular weight is 641 g/mol. The van der Waals surface area contributed by atoms with E-state index < -0.39 is 5.54 Å². The molecule has 1 saturated carbocycles. The average Bonchev–Trinajstić information content (AvgIpc) is 2.95. The molecule has 2 unspecified atom stereocenters. The Balaban J connectivity index is 2.09. The normalized spacial score (nSPS) is 25.8. The summed E-state index contributed by atoms with van der Waals surface area (Å²) in [5.41, 5.74) is 0.473. The standard InChI is InChI=1S/C34H46BrN3O2S/c1-6-7-8-10-14-27(3)34(33(40)36-30-20-18-26(2)19-21-30)25-37(4)31(17-11-9-12-22-41-5)32(39)38(34)24-28-15-13-16-29(35)23-28/h6-7,9-17,22-23,26-27,30H,8,18-21,24-25H2,1-5H3,(H,36,40)/b7-6-,11-9+,14-10-,22-12-,31-17-. The number of carbonyl (C=O) groups excluding carboxylic acids is 2. The molecule has 2 amide bonds. The molecule has 1 aromatic rings. The summed E-state index contributed by atoms with van der Waals surface area (Å²) >= 11 is 5.21. The van der Waals surface area contributed by atoms with E-state index in [9.17, 15) is 9.59 Å². The van der Waals surface area contributed by atoms with Gasteiger partial charge in [0.25, 0.3) is 5.91 Å². The molecule has 1 saturated heterocycles. The fraction of sp³-hybridized carbons (Fsp3) is 0.471. The number of halogens is 1. The summed E-state index contributed by atoms with van der Waals surface area (Å²) in [4.78, 5) is 32.8. The van der Waals surface area contributed by atoms with E-state index in [1.165, 1.54) is 0 Å². The SMILES string of the molecule is C/C=C\C/C=C\C(C)C1(C(=O)NC2CCC(C)CC2)CN(C)\C(=C/C=C/C=C\SC)C(=O)N1Cc1cccc(Br)c1. The molecule has 1 N–H and O–H groups in total. The maximum Gasteiger partial charge on any atom is 0.271 e. The van der Waals surface area contributed by atoms with E-state index in [1.54, 1.807) is 11.8 Å². The van der Waals surface area contributed by atoms with Gasteiger partial charge in [0.05, 0.1) is 6.54 Å². The van der Waals surface area contributed by atoms with Gasteiger partial charge in [-0.05, 0) is 80.4 Å². The van der Waals surface area contributed by atoms with Gasteiger partial charge in [0.15, 0.2) is 0 Å². The van der Waals surface area contributed by atoms with E-state index in [-0.39, 0.29) is 23.8 Å². The van der Waals surface area contributed by atoms with Crippen molar-refractivity contribution in [1.29, 1.82) is 0 Å². The molecule has 2 fully saturated rings. The zero-order chi connectivity index (χ0) is 29.8. The Bertz CT molecular complexity index is 1180. The minimum atomic E-state index is -1.08. The van der Waals surface area contributed by atoms with Gasteiger partial charge in [-0.2, -0.15) is 0 Å². The number of carbonyl (C=O) groups is 2. The minimum absolute atomic E-state index is 0.0621. The van der Waals surface area contributed by atoms with Gasteiger partial charge < -0.3 is 15.1 Å². The number of hydrogen-bond donors (Lipinski definition) is 1. The summed E-state index contributed by atoms with van der Waals surface area (Å²) in [5.74, 6) is 0.272. The van der Waals surface area contributed by atoms with Crippen LogP contribution in [0.3, 0.4) is 0 Å². The summed E-state index contributed by atoms with van der Waals surface area (Å²) < 4.78 is 0.946. The summed E-state index contributed by atoms with van der Waals surface area (Å²) in [6, 6.07) is 8.13. The van der Waals surface area contributed by atoms with Crippen molar-refractivity contribution in [2.24, 2.45) is 11.8 Å². The second-order valence-corrected chi connectivity index (χ2v) is 12.9. The van der Waals surface area contributed by atoms with Crippen molar-refractivity contribution in [3.05, 3.63) is 94.0 Å². The van der Waals surface area contributed by atoms with Gasteiger partial charge in [-0.1, -0.05) is 84.4 Å². The Morgan fingerprint density at radius 3 is 2.63 bits per heavy atom. The van der Waals surface area contributed by atoms with Crippen LogP contribution < -0.4 is 5.32 Å². The zero-order valence-corrected chi connectivity index (χ0v) is 27.6. The van der Waals surface area contributed by atoms with Gasteiger partial charge in [-0.3, -0.25) is 9.59 Å². The smallest absolute Gasteiger partial charge is 0.271 e. The van der Waals surface area contributed by atoms with Gasteiger partial charge in [0, 0.05) is 30.0 Å². The highest BCUT2D eigenvalue weighted by atomic mass is 79.9. The highest BCUT2D eigenvalue weighted by Crippen LogP contribution is 2.37. The number of amides is 2. The van der Waals surface area contributed by atoms with E-state index in [0.717, 1.165) is 42.1 Å². The molecule has 1 aliphatic carbocycles. The third kappa shape index (κ3) is 8.74. The summed E-state index contributed by atoms with van der Waals surface area (Å²) in [7, 11) is 1.92. The number of likely N-dealkylation sites (N-methyl/N-ethyl adjacent to an activating group) is 1. The molecule has 41 heavy (non-hydrogen) atoms. The number of thioether (sulfide) groups is 1. The number of rotatable bonds is 11. The first-order valence-electron chi connectivity index (χ1n) is 14.7. The van der Waals surface area contributed by atoms with Crippen LogP contribution in [0.1, 0.15) is 58.4 Å². The fourth-order valence-corrected chi connectivity index (χ4v) is 6.44. The maximum absolute atomic E-state index is 14.6. The number of benzene rings is 1. The molecule has 1 aromatic carbocycles. The predicted molar refractivity (Wildman–Crippen MR) is 177 cm³/mol. The number of nitrogens with one attached hydrogen (secondary N) is 1. The molecule has 2 aliphatic rings. The highest BCUT2D eigenvalue weighted by molar-refractivity contribution is 9.10. The van der Waals surface area contributed by atoms with Crippen molar-refractivity contribution in [2.45, 2.75) is 71.0 Å². The van der Waals surface area contributed by atoms with Crippen LogP contribution in [0.4, 0.5) is 0 Å². The first-order valence-corrected chi connectivity index (χ1v) is 16.7. The van der Waals surface area contributed by atoms with Gasteiger partial charge in [-0.25, -0.2) is 0 Å². The fourth-order valence-electron chi connectivity index (χ4n) is 5.74. The molecule has 7 heteroatoms. The lowest BCUT2D eigenvalue weighted by molar-refractivity contribution is -0.156. The molecule has 0 radical (unpaired) electrons. The minimum Gasteiger partial charge on any atom is -0.367 e. The van der Waals surface area contributed by atoms with Crippen LogP contribution in [0.5, 0.6) is 0 Å². The third-order valence-electron chi connectivity index (χ3n) is 8.19.